The summed E-state index contributed by atoms with van der Waals surface area (Å²) in [5.74, 6) is 0.160. The Labute approximate surface area is 174 Å². The molecule has 1 aromatic rings. The molecule has 1 aromatic heterocycles. The number of rotatable bonds is 3. The van der Waals surface area contributed by atoms with E-state index in [9.17, 15) is 9.59 Å². The maximum absolute atomic E-state index is 13.1. The molecular weight excluding hydrogens is 366 g/mol. The van der Waals surface area contributed by atoms with Crippen molar-refractivity contribution < 1.29 is 9.59 Å². The summed E-state index contributed by atoms with van der Waals surface area (Å²) in [6.07, 6.45) is 2.78. The van der Waals surface area contributed by atoms with Crippen LogP contribution < -0.4 is 5.32 Å². The molecule has 2 saturated heterocycles. The van der Waals surface area contributed by atoms with Gasteiger partial charge in [-0.25, -0.2) is 4.98 Å². The molecular formula is C22H35N5O2. The van der Waals surface area contributed by atoms with Gasteiger partial charge in [0.05, 0.1) is 23.0 Å². The van der Waals surface area contributed by atoms with Gasteiger partial charge in [0.15, 0.2) is 0 Å². The first-order valence-corrected chi connectivity index (χ1v) is 10.7. The molecule has 160 valence electrons. The van der Waals surface area contributed by atoms with E-state index < -0.39 is 0 Å². The zero-order valence-electron chi connectivity index (χ0n) is 18.7. The lowest BCUT2D eigenvalue weighted by atomic mass is 9.78. The molecule has 2 unspecified atom stereocenters. The van der Waals surface area contributed by atoms with Gasteiger partial charge in [0, 0.05) is 31.1 Å². The number of nitrogens with one attached hydrogen (secondary N) is 1. The van der Waals surface area contributed by atoms with Gasteiger partial charge in [0.1, 0.15) is 5.69 Å². The molecule has 0 saturated carbocycles. The van der Waals surface area contributed by atoms with Crippen molar-refractivity contribution in [3.8, 4) is 0 Å². The molecule has 2 amide bonds. The van der Waals surface area contributed by atoms with Gasteiger partial charge in [-0.2, -0.15) is 0 Å². The normalized spacial score (nSPS) is 25.0. The highest BCUT2D eigenvalue weighted by molar-refractivity contribution is 5.93. The lowest BCUT2D eigenvalue weighted by molar-refractivity contribution is -0.128. The van der Waals surface area contributed by atoms with Crippen molar-refractivity contribution in [2.45, 2.75) is 59.9 Å². The highest BCUT2D eigenvalue weighted by Gasteiger charge is 2.40. The van der Waals surface area contributed by atoms with Crippen LogP contribution in [0.25, 0.3) is 0 Å². The number of aromatic nitrogens is 2. The Balaban J connectivity index is 1.66. The zero-order valence-corrected chi connectivity index (χ0v) is 18.7. The number of carbonyl (C=O) groups excluding carboxylic acids is 2. The van der Waals surface area contributed by atoms with Crippen LogP contribution in [-0.2, 0) is 4.79 Å². The molecule has 0 aliphatic carbocycles. The summed E-state index contributed by atoms with van der Waals surface area (Å²) in [7, 11) is 2.07. The molecule has 29 heavy (non-hydrogen) atoms. The Morgan fingerprint density at radius 3 is 2.38 bits per heavy atom. The molecule has 3 heterocycles. The van der Waals surface area contributed by atoms with Crippen LogP contribution in [0.4, 0.5) is 0 Å². The number of nitrogens with zero attached hydrogens (tertiary/aromatic N) is 4. The second-order valence-corrected chi connectivity index (χ2v) is 9.49. The molecule has 2 aliphatic rings. The van der Waals surface area contributed by atoms with E-state index in [1.807, 2.05) is 25.7 Å². The lowest BCUT2D eigenvalue weighted by Crippen LogP contribution is -2.58. The van der Waals surface area contributed by atoms with E-state index >= 15 is 0 Å². The number of carbonyl (C=O) groups is 2. The predicted octanol–water partition coefficient (Wildman–Crippen LogP) is 2.10. The van der Waals surface area contributed by atoms with Crippen molar-refractivity contribution in [1.29, 1.82) is 0 Å². The first kappa shape index (κ1) is 21.7. The first-order chi connectivity index (χ1) is 13.6. The van der Waals surface area contributed by atoms with Crippen LogP contribution in [-0.4, -0.2) is 70.9 Å². The summed E-state index contributed by atoms with van der Waals surface area (Å²) in [5, 5.41) is 3.30. The number of piperidine rings is 2. The largest absolute Gasteiger partial charge is 0.352 e. The third-order valence-electron chi connectivity index (χ3n) is 6.51. The minimum absolute atomic E-state index is 0.0649. The average molecular weight is 402 g/mol. The van der Waals surface area contributed by atoms with E-state index in [2.05, 4.69) is 41.1 Å². The van der Waals surface area contributed by atoms with Gasteiger partial charge >= 0.3 is 0 Å². The van der Waals surface area contributed by atoms with Crippen LogP contribution in [0.5, 0.6) is 0 Å². The minimum atomic E-state index is -0.203. The molecule has 7 heteroatoms. The molecule has 0 spiro atoms. The lowest BCUT2D eigenvalue weighted by Gasteiger charge is -2.45. The molecule has 0 aromatic carbocycles. The van der Waals surface area contributed by atoms with Gasteiger partial charge < -0.3 is 15.1 Å². The highest BCUT2D eigenvalue weighted by Crippen LogP contribution is 2.31. The van der Waals surface area contributed by atoms with Crippen LogP contribution in [0.1, 0.15) is 60.7 Å². The third-order valence-corrected chi connectivity index (χ3v) is 6.51. The highest BCUT2D eigenvalue weighted by atomic mass is 16.2. The van der Waals surface area contributed by atoms with E-state index in [0.717, 1.165) is 43.7 Å². The SMILES string of the molecule is Cc1nc(C)c(C(=O)N2CCC(NC(=O)C3CCCN(C)C3)C(C)(C)C2)nc1C. The second kappa shape index (κ2) is 8.38. The maximum atomic E-state index is 13.1. The van der Waals surface area contributed by atoms with Gasteiger partial charge in [0.2, 0.25) is 5.91 Å². The first-order valence-electron chi connectivity index (χ1n) is 10.7. The summed E-state index contributed by atoms with van der Waals surface area (Å²) in [6, 6.07) is 0.0678. The van der Waals surface area contributed by atoms with Crippen LogP contribution in [0.3, 0.4) is 0 Å². The number of likely N-dealkylation sites (tertiary alicyclic amines) is 2. The standard InChI is InChI=1S/C22H35N5O2/c1-14-15(2)24-19(16(3)23-14)21(29)27-11-9-18(22(4,5)13-27)25-20(28)17-8-7-10-26(6)12-17/h17-18H,7-13H2,1-6H3,(H,25,28). The second-order valence-electron chi connectivity index (χ2n) is 9.49. The Hall–Kier alpha value is -2.02. The van der Waals surface area contributed by atoms with Crippen LogP contribution >= 0.6 is 0 Å². The number of hydrogen-bond acceptors (Lipinski definition) is 5. The van der Waals surface area contributed by atoms with Crippen molar-refractivity contribution in [2.24, 2.45) is 11.3 Å². The van der Waals surface area contributed by atoms with Crippen molar-refractivity contribution in [1.82, 2.24) is 25.1 Å². The fraction of sp³-hybridized carbons (Fsp3) is 0.727. The summed E-state index contributed by atoms with van der Waals surface area (Å²) in [5.41, 5.74) is 2.56. The van der Waals surface area contributed by atoms with Gasteiger partial charge in [-0.15, -0.1) is 0 Å². The Morgan fingerprint density at radius 1 is 1.03 bits per heavy atom. The number of aryl methyl sites for hydroxylation is 3. The smallest absolute Gasteiger partial charge is 0.274 e. The van der Waals surface area contributed by atoms with Crippen LogP contribution in [0, 0.1) is 32.1 Å². The molecule has 2 fully saturated rings. The van der Waals surface area contributed by atoms with Gasteiger partial charge in [-0.3, -0.25) is 14.6 Å². The quantitative estimate of drug-likeness (QED) is 0.839. The summed E-state index contributed by atoms with van der Waals surface area (Å²) in [6.45, 7) is 13.0. The van der Waals surface area contributed by atoms with Gasteiger partial charge in [-0.1, -0.05) is 13.8 Å². The zero-order chi connectivity index (χ0) is 21.3. The molecule has 0 radical (unpaired) electrons. The van der Waals surface area contributed by atoms with E-state index in [4.69, 9.17) is 0 Å². The Bertz CT molecular complexity index is 792. The summed E-state index contributed by atoms with van der Waals surface area (Å²) < 4.78 is 0. The third kappa shape index (κ3) is 4.77. The Morgan fingerprint density at radius 2 is 1.72 bits per heavy atom. The monoisotopic (exact) mass is 401 g/mol. The fourth-order valence-electron chi connectivity index (χ4n) is 4.53. The van der Waals surface area contributed by atoms with Crippen molar-refractivity contribution in [3.63, 3.8) is 0 Å². The minimum Gasteiger partial charge on any atom is -0.352 e. The van der Waals surface area contributed by atoms with Gasteiger partial charge in [-0.05, 0) is 53.6 Å². The summed E-state index contributed by atoms with van der Waals surface area (Å²) >= 11 is 0. The topological polar surface area (TPSA) is 78.4 Å². The van der Waals surface area contributed by atoms with E-state index in [0.29, 0.717) is 24.5 Å². The van der Waals surface area contributed by atoms with Gasteiger partial charge in [0.25, 0.3) is 5.91 Å². The summed E-state index contributed by atoms with van der Waals surface area (Å²) in [4.78, 5) is 39.0. The number of amides is 2. The van der Waals surface area contributed by atoms with Crippen LogP contribution in [0.2, 0.25) is 0 Å². The average Bonchev–Trinajstić information content (AvgIpc) is 2.65. The molecule has 2 atom stereocenters. The molecule has 0 bridgehead atoms. The Kier molecular flexibility index (Phi) is 6.27. The molecule has 2 aliphatic heterocycles. The molecule has 3 rings (SSSR count). The van der Waals surface area contributed by atoms with Crippen molar-refractivity contribution >= 4 is 11.8 Å². The number of hydrogen-bond donors (Lipinski definition) is 1. The van der Waals surface area contributed by atoms with Crippen molar-refractivity contribution in [2.75, 3.05) is 33.2 Å². The van der Waals surface area contributed by atoms with E-state index in [1.165, 1.54) is 0 Å². The van der Waals surface area contributed by atoms with E-state index in [1.54, 1.807) is 0 Å². The maximum Gasteiger partial charge on any atom is 0.274 e. The van der Waals surface area contributed by atoms with Crippen molar-refractivity contribution in [3.05, 3.63) is 22.8 Å². The predicted molar refractivity (Wildman–Crippen MR) is 113 cm³/mol. The fourth-order valence-corrected chi connectivity index (χ4v) is 4.53. The van der Waals surface area contributed by atoms with E-state index in [-0.39, 0.29) is 29.2 Å². The molecule has 7 nitrogen and oxygen atoms in total. The molecule has 1 N–H and O–H groups in total. The van der Waals surface area contributed by atoms with Crippen LogP contribution in [0.15, 0.2) is 0 Å².